The molecule has 1 aromatic rings. The van der Waals surface area contributed by atoms with Crippen LogP contribution in [0.1, 0.15) is 42.5 Å². The lowest BCUT2D eigenvalue weighted by Gasteiger charge is -2.47. The molecule has 1 N–H and O–H groups in total. The molecule has 6 heteroatoms. The molecule has 4 rings (SSSR count). The number of hydrogen-bond donors (Lipinski definition) is 1. The molecule has 1 aromatic carbocycles. The molecule has 128 valence electrons. The van der Waals surface area contributed by atoms with Crippen molar-refractivity contribution in [3.05, 3.63) is 29.6 Å². The van der Waals surface area contributed by atoms with Gasteiger partial charge in [0.2, 0.25) is 5.91 Å². The Kier molecular flexibility index (Phi) is 3.70. The summed E-state index contributed by atoms with van der Waals surface area (Å²) in [5.41, 5.74) is 0.140. The number of phenols is 1. The van der Waals surface area contributed by atoms with Crippen LogP contribution in [-0.4, -0.2) is 51.9 Å². The van der Waals surface area contributed by atoms with E-state index < -0.39 is 5.82 Å². The molecule has 2 unspecified atom stereocenters. The quantitative estimate of drug-likeness (QED) is 0.903. The minimum absolute atomic E-state index is 0.140. The fourth-order valence-electron chi connectivity index (χ4n) is 4.16. The molecule has 0 bridgehead atoms. The van der Waals surface area contributed by atoms with E-state index in [4.69, 9.17) is 0 Å². The van der Waals surface area contributed by atoms with Crippen molar-refractivity contribution < 1.29 is 19.1 Å². The molecule has 1 saturated carbocycles. The summed E-state index contributed by atoms with van der Waals surface area (Å²) in [6.07, 6.45) is 4.34. The highest BCUT2D eigenvalue weighted by atomic mass is 19.1. The fraction of sp³-hybridized carbons (Fsp3) is 0.556. The topological polar surface area (TPSA) is 60.9 Å². The first-order chi connectivity index (χ1) is 11.5. The van der Waals surface area contributed by atoms with Gasteiger partial charge in [-0.1, -0.05) is 0 Å². The lowest BCUT2D eigenvalue weighted by Crippen LogP contribution is -2.57. The highest BCUT2D eigenvalue weighted by Gasteiger charge is 2.45. The van der Waals surface area contributed by atoms with E-state index in [1.807, 2.05) is 0 Å². The van der Waals surface area contributed by atoms with Crippen LogP contribution in [0.2, 0.25) is 0 Å². The molecule has 2 atom stereocenters. The smallest absolute Gasteiger partial charge is 0.257 e. The second-order valence-electron chi connectivity index (χ2n) is 7.10. The number of aromatic hydroxyl groups is 1. The monoisotopic (exact) mass is 332 g/mol. The summed E-state index contributed by atoms with van der Waals surface area (Å²) in [4.78, 5) is 28.7. The molecular formula is C18H21FN2O3. The summed E-state index contributed by atoms with van der Waals surface area (Å²) in [5.74, 6) is -0.590. The third-order valence-electron chi connectivity index (χ3n) is 5.49. The van der Waals surface area contributed by atoms with Crippen LogP contribution in [0.5, 0.6) is 5.75 Å². The molecule has 2 amide bonds. The van der Waals surface area contributed by atoms with Gasteiger partial charge in [0.25, 0.3) is 5.91 Å². The number of carbonyl (C=O) groups is 2. The highest BCUT2D eigenvalue weighted by Crippen LogP contribution is 2.39. The number of fused-ring (bicyclic) bond motifs is 1. The van der Waals surface area contributed by atoms with Gasteiger partial charge in [0, 0.05) is 37.7 Å². The summed E-state index contributed by atoms with van der Waals surface area (Å²) in [6, 6.07) is 4.14. The van der Waals surface area contributed by atoms with Crippen LogP contribution in [0.15, 0.2) is 18.2 Å². The van der Waals surface area contributed by atoms with Gasteiger partial charge in [-0.3, -0.25) is 9.59 Å². The zero-order valence-electron chi connectivity index (χ0n) is 13.4. The molecule has 2 heterocycles. The van der Waals surface area contributed by atoms with E-state index >= 15 is 0 Å². The first kappa shape index (κ1) is 15.4. The van der Waals surface area contributed by atoms with Crippen molar-refractivity contribution in [2.75, 3.05) is 13.1 Å². The standard InChI is InChI=1S/C18H21FN2O3/c19-12-2-5-14(16(22)9-12)18(24)20-8-7-15-11(10-20)1-6-17(23)21(15)13-3-4-13/h2,5,9,11,13,15,22H,1,3-4,6-8,10H2. The van der Waals surface area contributed by atoms with Gasteiger partial charge in [0.1, 0.15) is 11.6 Å². The average Bonchev–Trinajstić information content (AvgIpc) is 3.38. The van der Waals surface area contributed by atoms with Crippen molar-refractivity contribution in [2.45, 2.75) is 44.2 Å². The van der Waals surface area contributed by atoms with Crippen molar-refractivity contribution in [1.82, 2.24) is 9.80 Å². The molecule has 0 spiro atoms. The number of rotatable bonds is 2. The molecule has 0 radical (unpaired) electrons. The number of nitrogens with zero attached hydrogens (tertiary/aromatic N) is 2. The number of phenolic OH excluding ortho intramolecular Hbond substituents is 1. The van der Waals surface area contributed by atoms with Gasteiger partial charge < -0.3 is 14.9 Å². The molecule has 1 aliphatic carbocycles. The largest absolute Gasteiger partial charge is 0.507 e. The van der Waals surface area contributed by atoms with Gasteiger partial charge in [0.15, 0.2) is 0 Å². The van der Waals surface area contributed by atoms with E-state index in [2.05, 4.69) is 4.90 Å². The average molecular weight is 332 g/mol. The summed E-state index contributed by atoms with van der Waals surface area (Å²) in [6.45, 7) is 1.16. The maximum absolute atomic E-state index is 13.1. The first-order valence-corrected chi connectivity index (χ1v) is 8.63. The number of piperidine rings is 2. The van der Waals surface area contributed by atoms with Crippen molar-refractivity contribution in [3.63, 3.8) is 0 Å². The van der Waals surface area contributed by atoms with Crippen LogP contribution >= 0.6 is 0 Å². The summed E-state index contributed by atoms with van der Waals surface area (Å²) in [7, 11) is 0. The number of carbonyl (C=O) groups excluding carboxylic acids is 2. The fourth-order valence-corrected chi connectivity index (χ4v) is 4.16. The summed E-state index contributed by atoms with van der Waals surface area (Å²) >= 11 is 0. The van der Waals surface area contributed by atoms with Crippen molar-refractivity contribution in [1.29, 1.82) is 0 Å². The lowest BCUT2D eigenvalue weighted by molar-refractivity contribution is -0.141. The van der Waals surface area contributed by atoms with E-state index in [9.17, 15) is 19.1 Å². The maximum Gasteiger partial charge on any atom is 0.257 e. The Morgan fingerprint density at radius 3 is 2.71 bits per heavy atom. The maximum atomic E-state index is 13.1. The van der Waals surface area contributed by atoms with Crippen LogP contribution in [0.25, 0.3) is 0 Å². The minimum Gasteiger partial charge on any atom is -0.507 e. The predicted molar refractivity (Wildman–Crippen MR) is 85.0 cm³/mol. The van der Waals surface area contributed by atoms with Crippen LogP contribution < -0.4 is 0 Å². The Bertz CT molecular complexity index is 689. The van der Waals surface area contributed by atoms with Crippen molar-refractivity contribution >= 4 is 11.8 Å². The second-order valence-corrected chi connectivity index (χ2v) is 7.10. The number of amides is 2. The summed E-state index contributed by atoms with van der Waals surface area (Å²) < 4.78 is 13.1. The molecule has 2 saturated heterocycles. The van der Waals surface area contributed by atoms with E-state index in [1.54, 1.807) is 4.90 Å². The van der Waals surface area contributed by atoms with E-state index in [1.165, 1.54) is 12.1 Å². The van der Waals surface area contributed by atoms with E-state index in [0.717, 1.165) is 31.7 Å². The number of hydrogen-bond acceptors (Lipinski definition) is 3. The van der Waals surface area contributed by atoms with Crippen molar-refractivity contribution in [3.8, 4) is 5.75 Å². The molecule has 3 aliphatic rings. The molecular weight excluding hydrogens is 311 g/mol. The zero-order valence-corrected chi connectivity index (χ0v) is 13.4. The van der Waals surface area contributed by atoms with Crippen LogP contribution in [0.4, 0.5) is 4.39 Å². The number of benzene rings is 1. The Balaban J connectivity index is 1.50. The minimum atomic E-state index is -0.561. The van der Waals surface area contributed by atoms with Gasteiger partial charge in [-0.05, 0) is 43.7 Å². The van der Waals surface area contributed by atoms with Crippen LogP contribution in [0, 0.1) is 11.7 Å². The van der Waals surface area contributed by atoms with E-state index in [-0.39, 0.29) is 29.2 Å². The Hall–Kier alpha value is -2.11. The highest BCUT2D eigenvalue weighted by molar-refractivity contribution is 5.97. The van der Waals surface area contributed by atoms with Crippen LogP contribution in [0.3, 0.4) is 0 Å². The Morgan fingerprint density at radius 1 is 1.21 bits per heavy atom. The third-order valence-corrected chi connectivity index (χ3v) is 5.49. The zero-order chi connectivity index (χ0) is 16.8. The molecule has 3 fully saturated rings. The molecule has 0 aromatic heterocycles. The van der Waals surface area contributed by atoms with Crippen LogP contribution in [-0.2, 0) is 4.79 Å². The molecule has 24 heavy (non-hydrogen) atoms. The van der Waals surface area contributed by atoms with E-state index in [0.29, 0.717) is 31.5 Å². The van der Waals surface area contributed by atoms with Crippen molar-refractivity contribution in [2.24, 2.45) is 5.92 Å². The molecule has 2 aliphatic heterocycles. The van der Waals surface area contributed by atoms with Gasteiger partial charge >= 0.3 is 0 Å². The Labute approximate surface area is 140 Å². The lowest BCUT2D eigenvalue weighted by atomic mass is 9.83. The van der Waals surface area contributed by atoms with Gasteiger partial charge in [-0.2, -0.15) is 0 Å². The SMILES string of the molecule is O=C(c1ccc(F)cc1O)N1CCC2C(CCC(=O)N2C2CC2)C1. The third kappa shape index (κ3) is 2.64. The Morgan fingerprint density at radius 2 is 2.00 bits per heavy atom. The van der Waals surface area contributed by atoms with Gasteiger partial charge in [0.05, 0.1) is 5.56 Å². The number of likely N-dealkylation sites (tertiary alicyclic amines) is 2. The predicted octanol–water partition coefficient (Wildman–Crippen LogP) is 2.15. The molecule has 5 nitrogen and oxygen atoms in total. The normalized spacial score (nSPS) is 27.1. The first-order valence-electron chi connectivity index (χ1n) is 8.63. The number of halogens is 1. The van der Waals surface area contributed by atoms with Gasteiger partial charge in [-0.25, -0.2) is 4.39 Å². The summed E-state index contributed by atoms with van der Waals surface area (Å²) in [5, 5.41) is 9.84. The second kappa shape index (κ2) is 5.76. The van der Waals surface area contributed by atoms with Gasteiger partial charge in [-0.15, -0.1) is 0 Å².